The number of esters is 1. The molecule has 4 amide bonds. The van der Waals surface area contributed by atoms with Gasteiger partial charge >= 0.3 is 11.9 Å². The average molecular weight is 1330 g/mol. The first kappa shape index (κ1) is 75.9. The maximum atomic E-state index is 13.8. The van der Waals surface area contributed by atoms with E-state index in [1.165, 1.54) is 26.0 Å². The fourth-order valence-corrected chi connectivity index (χ4v) is 12.2. The van der Waals surface area contributed by atoms with Gasteiger partial charge in [-0.15, -0.1) is 0 Å². The van der Waals surface area contributed by atoms with E-state index in [4.69, 9.17) is 9.47 Å². The van der Waals surface area contributed by atoms with Crippen LogP contribution in [0.4, 0.5) is 5.95 Å². The quantitative estimate of drug-likeness (QED) is 0.0192. The topological polar surface area (TPSA) is 361 Å². The number of nitrogens with one attached hydrogen (secondary N) is 7. The second kappa shape index (κ2) is 34.9. The highest BCUT2D eigenvalue weighted by atomic mass is 32.2. The molecular formula is C62H100N14O14S2. The number of hydrogen-bond acceptors (Lipinski definition) is 19. The van der Waals surface area contributed by atoms with Crippen LogP contribution >= 0.6 is 0 Å². The van der Waals surface area contributed by atoms with Crippen molar-refractivity contribution >= 4 is 72.6 Å². The molecule has 2 aromatic heterocycles. The average Bonchev–Trinajstić information content (AvgIpc) is 1.17. The monoisotopic (exact) mass is 1330 g/mol. The third kappa shape index (κ3) is 27.4. The second-order valence-corrected chi connectivity index (χ2v) is 30.1. The maximum absolute atomic E-state index is 13.8. The molecule has 28 nitrogen and oxygen atoms in total. The van der Waals surface area contributed by atoms with Crippen LogP contribution in [-0.4, -0.2) is 231 Å². The van der Waals surface area contributed by atoms with Crippen molar-refractivity contribution < 1.29 is 64.7 Å². The Morgan fingerprint density at radius 2 is 1.32 bits per heavy atom. The lowest BCUT2D eigenvalue weighted by Crippen LogP contribution is -2.54. The summed E-state index contributed by atoms with van der Waals surface area (Å²) in [7, 11) is -9.22. The summed E-state index contributed by atoms with van der Waals surface area (Å²) in [6.07, 6.45) is 7.89. The van der Waals surface area contributed by atoms with Gasteiger partial charge in [0.05, 0.1) is 35.2 Å². The molecule has 0 radical (unpaired) electrons. The molecule has 3 heterocycles. The molecule has 30 heteroatoms. The minimum atomic E-state index is -4.76. The molecular weight excluding hydrogens is 1230 g/mol. The summed E-state index contributed by atoms with van der Waals surface area (Å²) in [5.41, 5.74) is 1.02. The molecule has 4 aromatic rings. The number of rotatable bonds is 32. The normalized spacial score (nSPS) is 15.6. The number of aromatic amines is 1. The minimum Gasteiger partial charge on any atom is -0.494 e. The van der Waals surface area contributed by atoms with Crippen LogP contribution in [0.5, 0.6) is 5.75 Å². The van der Waals surface area contributed by atoms with Gasteiger partial charge in [0, 0.05) is 115 Å². The number of fused-ring (bicyclic) bond motifs is 1. The van der Waals surface area contributed by atoms with Gasteiger partial charge in [0.15, 0.2) is 5.95 Å². The number of carbonyl (C=O) groups is 6. The van der Waals surface area contributed by atoms with E-state index < -0.39 is 79.5 Å². The molecule has 1 aliphatic heterocycles. The van der Waals surface area contributed by atoms with Gasteiger partial charge in [0.2, 0.25) is 27.7 Å². The number of carbonyl (C=O) groups excluding carboxylic acids is 5. The number of anilines is 1. The van der Waals surface area contributed by atoms with Gasteiger partial charge in [-0.3, -0.25) is 47.8 Å². The Bertz CT molecular complexity index is 3280. The van der Waals surface area contributed by atoms with E-state index >= 15 is 0 Å². The van der Waals surface area contributed by atoms with Crippen LogP contribution in [0, 0.1) is 30.1 Å². The van der Waals surface area contributed by atoms with E-state index in [1.54, 1.807) is 62.2 Å². The molecule has 9 N–H and O–H groups in total. The summed E-state index contributed by atoms with van der Waals surface area (Å²) < 4.78 is 77.2. The highest BCUT2D eigenvalue weighted by molar-refractivity contribution is 7.89. The van der Waals surface area contributed by atoms with Crippen LogP contribution < -0.4 is 36.0 Å². The number of aliphatic carboxylic acids is 1. The Balaban J connectivity index is 1.08. The van der Waals surface area contributed by atoms with Crippen molar-refractivity contribution in [2.75, 3.05) is 123 Å². The largest absolute Gasteiger partial charge is 0.494 e. The zero-order valence-electron chi connectivity index (χ0n) is 55.5. The number of aryl methyl sites for hydroxylation is 3. The Labute approximate surface area is 542 Å². The lowest BCUT2D eigenvalue weighted by atomic mass is 9.92. The first-order valence-electron chi connectivity index (χ1n) is 31.4. The van der Waals surface area contributed by atoms with Crippen LogP contribution in [0.1, 0.15) is 116 Å². The summed E-state index contributed by atoms with van der Waals surface area (Å²) in [4.78, 5) is 94.2. The number of sulfonamides is 1. The lowest BCUT2D eigenvalue weighted by molar-refractivity contribution is -0.158. The first-order valence-corrected chi connectivity index (χ1v) is 34.5. The third-order valence-electron chi connectivity index (χ3n) is 15.2. The van der Waals surface area contributed by atoms with Crippen molar-refractivity contribution in [1.82, 2.24) is 65.3 Å². The predicted molar refractivity (Wildman–Crippen MR) is 350 cm³/mol. The molecule has 1 saturated heterocycles. The van der Waals surface area contributed by atoms with Gasteiger partial charge in [0.25, 0.3) is 16.0 Å². The number of amides is 4. The Kier molecular flexibility index (Phi) is 28.8. The number of aromatic nitrogens is 4. The number of benzene rings is 2. The Hall–Kier alpha value is -6.80. The molecule has 0 bridgehead atoms. The van der Waals surface area contributed by atoms with E-state index in [2.05, 4.69) is 97.7 Å². The van der Waals surface area contributed by atoms with E-state index in [9.17, 15) is 55.3 Å². The van der Waals surface area contributed by atoms with E-state index in [0.29, 0.717) is 62.9 Å². The van der Waals surface area contributed by atoms with Crippen LogP contribution in [0.3, 0.4) is 0 Å². The van der Waals surface area contributed by atoms with Crippen molar-refractivity contribution in [2.45, 2.75) is 132 Å². The summed E-state index contributed by atoms with van der Waals surface area (Å²) in [5.74, 6) is -4.57. The number of hydrogen-bond donors (Lipinski definition) is 9. The lowest BCUT2D eigenvalue weighted by Gasteiger charge is -2.35. The van der Waals surface area contributed by atoms with Crippen LogP contribution in [0.2, 0.25) is 0 Å². The standard InChI is InChI=1S/C62H100N14O14S2/c1-44-36-48(37-45(2)54(44)92(87,88)71-49(57(81)82)40-68-55(79)46-15-16-51-47(38-46)39-69-76(51)24-13-19-65-59-66-22-23-67-59)89-35-12-14-52(77)63-20-21-64-56(80)50(42-91(84,85)86)70-53(78)41-74-31-29-72(25-17-60(3,4)5)27-28-73(26-18-61(6,7)8)30-33-75(34-32-74)43-90-58(83)62(9,10)11/h15-16,22-23,36-39,49-50,71H,12-14,17-21,24-35,40-43H2,1-11H3,(H,63,77)(H,64,80)(H,68,79)(H,70,78)(H,81,82)(H2,65,66,67)(H,84,85,86)/t49-,50-/m0/s1. The van der Waals surface area contributed by atoms with Gasteiger partial charge < -0.3 is 55.9 Å². The number of H-pyrrole nitrogens is 1. The van der Waals surface area contributed by atoms with Gasteiger partial charge in [-0.05, 0) is 126 Å². The molecule has 0 aliphatic carbocycles. The Morgan fingerprint density at radius 1 is 0.717 bits per heavy atom. The SMILES string of the molecule is Cc1cc(OCCCC(=O)NCCNC(=O)[C@H](CS(=O)(=O)O)NC(=O)CN2CCN(CCC(C)(C)C)CCN(CCC(C)(C)C)CCN(COC(=O)C(C)(C)C)CC2)cc(C)c1S(=O)(=O)N[C@@H](CNC(=O)c1ccc2c(cnn2CCCNc2ncc[nH]2)c1)C(=O)O. The third-order valence-corrected chi connectivity index (χ3v) is 17.8. The summed E-state index contributed by atoms with van der Waals surface area (Å²) in [6.45, 7) is 28.6. The van der Waals surface area contributed by atoms with Gasteiger partial charge in [-0.25, -0.2) is 13.4 Å². The van der Waals surface area contributed by atoms with Gasteiger partial charge in [-0.1, -0.05) is 41.5 Å². The molecule has 1 fully saturated rings. The van der Waals surface area contributed by atoms with Crippen molar-refractivity contribution in [3.63, 3.8) is 0 Å². The fourth-order valence-electron chi connectivity index (χ4n) is 9.87. The predicted octanol–water partition coefficient (Wildman–Crippen LogP) is 3.44. The van der Waals surface area contributed by atoms with Crippen molar-refractivity contribution in [3.05, 3.63) is 65.6 Å². The van der Waals surface area contributed by atoms with E-state index in [0.717, 1.165) is 57.5 Å². The molecule has 1 aliphatic rings. The molecule has 2 atom stereocenters. The van der Waals surface area contributed by atoms with Gasteiger partial charge in [0.1, 0.15) is 30.3 Å². The zero-order valence-corrected chi connectivity index (χ0v) is 57.1. The summed E-state index contributed by atoms with van der Waals surface area (Å²) in [5, 5.41) is 28.5. The van der Waals surface area contributed by atoms with Crippen LogP contribution in [0.15, 0.2) is 53.8 Å². The first-order chi connectivity index (χ1) is 43.0. The van der Waals surface area contributed by atoms with Crippen molar-refractivity contribution in [2.24, 2.45) is 16.2 Å². The molecule has 0 unspecified atom stereocenters. The molecule has 0 spiro atoms. The van der Waals surface area contributed by atoms with Crippen LogP contribution in [0.25, 0.3) is 10.9 Å². The fraction of sp³-hybridized carbons (Fsp3) is 0.645. The molecule has 2 aromatic carbocycles. The number of carboxylic acid groups (broad SMARTS) is 1. The number of nitrogens with zero attached hydrogens (tertiary/aromatic N) is 7. The molecule has 5 rings (SSSR count). The molecule has 514 valence electrons. The summed E-state index contributed by atoms with van der Waals surface area (Å²) >= 11 is 0. The minimum absolute atomic E-state index is 0.0109. The maximum Gasteiger partial charge on any atom is 0.323 e. The smallest absolute Gasteiger partial charge is 0.323 e. The van der Waals surface area contributed by atoms with Gasteiger partial charge in [-0.2, -0.15) is 18.2 Å². The Morgan fingerprint density at radius 3 is 1.88 bits per heavy atom. The highest BCUT2D eigenvalue weighted by Crippen LogP contribution is 2.27. The highest BCUT2D eigenvalue weighted by Gasteiger charge is 2.31. The second-order valence-electron chi connectivity index (χ2n) is 26.9. The molecule has 92 heavy (non-hydrogen) atoms. The summed E-state index contributed by atoms with van der Waals surface area (Å²) in [6, 6.07) is 4.45. The van der Waals surface area contributed by atoms with Crippen molar-refractivity contribution in [1.29, 1.82) is 0 Å². The zero-order chi connectivity index (χ0) is 68.0. The number of carboxylic acids is 1. The van der Waals surface area contributed by atoms with Crippen LogP contribution in [-0.2, 0) is 55.4 Å². The molecule has 0 saturated carbocycles. The van der Waals surface area contributed by atoms with E-state index in [1.807, 2.05) is 9.80 Å². The number of ether oxygens (including phenoxy) is 2. The number of imidazole rings is 1. The van der Waals surface area contributed by atoms with E-state index in [-0.39, 0.29) is 84.2 Å². The van der Waals surface area contributed by atoms with Crippen molar-refractivity contribution in [3.8, 4) is 5.75 Å².